The number of aromatic nitrogens is 2. The van der Waals surface area contributed by atoms with Crippen LogP contribution in [0.3, 0.4) is 0 Å². The molecule has 0 atom stereocenters. The normalized spacial score (nSPS) is 10.4. The fourth-order valence-corrected chi connectivity index (χ4v) is 2.13. The van der Waals surface area contributed by atoms with Crippen molar-refractivity contribution in [3.63, 3.8) is 0 Å². The van der Waals surface area contributed by atoms with Gasteiger partial charge in [0.15, 0.2) is 0 Å². The van der Waals surface area contributed by atoms with Gasteiger partial charge >= 0.3 is 0 Å². The minimum atomic E-state index is -0.549. The molecule has 1 aromatic heterocycles. The third kappa shape index (κ3) is 2.97. The number of carbonyl (C=O) groups excluding carboxylic acids is 1. The van der Waals surface area contributed by atoms with E-state index in [0.29, 0.717) is 23.5 Å². The molecule has 0 radical (unpaired) electrons. The molecule has 8 heteroatoms. The second kappa shape index (κ2) is 5.61. The van der Waals surface area contributed by atoms with Crippen LogP contribution in [0.1, 0.15) is 23.2 Å². The number of nitro groups is 1. The molecule has 19 heavy (non-hydrogen) atoms. The highest BCUT2D eigenvalue weighted by Crippen LogP contribution is 2.34. The van der Waals surface area contributed by atoms with Crippen LogP contribution in [0.25, 0.3) is 0 Å². The molecular weight excluding hydrogens is 270 g/mol. The lowest BCUT2D eigenvalue weighted by Gasteiger charge is -2.00. The zero-order chi connectivity index (χ0) is 13.8. The average molecular weight is 279 g/mol. The van der Waals surface area contributed by atoms with Gasteiger partial charge in [0.05, 0.1) is 9.82 Å². The van der Waals surface area contributed by atoms with Crippen molar-refractivity contribution in [3.8, 4) is 0 Å². The molecule has 0 unspecified atom stereocenters. The zero-order valence-electron chi connectivity index (χ0n) is 9.90. The Kier molecular flexibility index (Phi) is 3.91. The largest absolute Gasteiger partial charge is 0.416 e. The number of aryl methyl sites for hydroxylation is 1. The van der Waals surface area contributed by atoms with E-state index in [2.05, 4.69) is 10.2 Å². The maximum atomic E-state index is 11.0. The van der Waals surface area contributed by atoms with Gasteiger partial charge in [0, 0.05) is 18.1 Å². The number of nitro benzene ring substituents is 1. The number of hydrogen-bond donors (Lipinski definition) is 0. The lowest BCUT2D eigenvalue weighted by atomic mass is 10.2. The Morgan fingerprint density at radius 1 is 1.47 bits per heavy atom. The Morgan fingerprint density at radius 2 is 2.26 bits per heavy atom. The van der Waals surface area contributed by atoms with Gasteiger partial charge in [-0.1, -0.05) is 13.0 Å². The lowest BCUT2D eigenvalue weighted by Crippen LogP contribution is -1.93. The predicted molar refractivity (Wildman–Crippen MR) is 66.3 cm³/mol. The van der Waals surface area contributed by atoms with Crippen molar-refractivity contribution in [1.29, 1.82) is 0 Å². The van der Waals surface area contributed by atoms with Gasteiger partial charge in [0.1, 0.15) is 6.29 Å². The smallest absolute Gasteiger partial charge is 0.284 e. The van der Waals surface area contributed by atoms with Gasteiger partial charge in [-0.2, -0.15) is 0 Å². The Labute approximate surface area is 112 Å². The number of aldehydes is 1. The highest BCUT2D eigenvalue weighted by molar-refractivity contribution is 7.99. The number of rotatable bonds is 5. The fraction of sp³-hybridized carbons (Fsp3) is 0.182. The summed E-state index contributed by atoms with van der Waals surface area (Å²) in [5.74, 6) is 0.467. The molecule has 0 bridgehead atoms. The summed E-state index contributed by atoms with van der Waals surface area (Å²) in [5, 5.41) is 18.7. The van der Waals surface area contributed by atoms with Crippen molar-refractivity contribution >= 4 is 23.7 Å². The van der Waals surface area contributed by atoms with E-state index in [-0.39, 0.29) is 16.5 Å². The molecule has 0 N–H and O–H groups in total. The number of carbonyl (C=O) groups is 1. The number of benzene rings is 1. The quantitative estimate of drug-likeness (QED) is 0.471. The lowest BCUT2D eigenvalue weighted by molar-refractivity contribution is -0.387. The molecule has 0 saturated heterocycles. The van der Waals surface area contributed by atoms with Crippen LogP contribution in [0, 0.1) is 10.1 Å². The van der Waals surface area contributed by atoms with Crippen LogP contribution in [0.4, 0.5) is 5.69 Å². The molecular formula is C11H9N3O4S. The molecule has 0 spiro atoms. The van der Waals surface area contributed by atoms with E-state index < -0.39 is 4.92 Å². The Bertz CT molecular complexity index is 626. The van der Waals surface area contributed by atoms with Gasteiger partial charge < -0.3 is 4.42 Å². The first kappa shape index (κ1) is 13.2. The van der Waals surface area contributed by atoms with Crippen molar-refractivity contribution in [2.24, 2.45) is 0 Å². The van der Waals surface area contributed by atoms with Crippen LogP contribution in [-0.2, 0) is 6.42 Å². The Hall–Kier alpha value is -2.22. The summed E-state index contributed by atoms with van der Waals surface area (Å²) >= 11 is 1.00. The molecule has 0 aliphatic rings. The fourth-order valence-electron chi connectivity index (χ4n) is 1.35. The average Bonchev–Trinajstić information content (AvgIpc) is 2.86. The molecule has 0 aliphatic carbocycles. The van der Waals surface area contributed by atoms with E-state index in [1.807, 2.05) is 6.92 Å². The minimum Gasteiger partial charge on any atom is -0.416 e. The summed E-state index contributed by atoms with van der Waals surface area (Å²) in [5.41, 5.74) is 0.0849. The summed E-state index contributed by atoms with van der Waals surface area (Å²) < 4.78 is 5.28. The molecule has 0 saturated carbocycles. The number of nitrogens with zero attached hydrogens (tertiary/aromatic N) is 3. The van der Waals surface area contributed by atoms with Crippen molar-refractivity contribution in [2.45, 2.75) is 23.5 Å². The Balaban J connectivity index is 2.33. The first-order valence-corrected chi connectivity index (χ1v) is 6.19. The monoisotopic (exact) mass is 279 g/mol. The second-order valence-electron chi connectivity index (χ2n) is 3.52. The maximum Gasteiger partial charge on any atom is 0.284 e. The SMILES string of the molecule is CCc1nnc(Sc2ccc(C=O)cc2[N+](=O)[O-])o1. The van der Waals surface area contributed by atoms with Crippen LogP contribution in [0.2, 0.25) is 0 Å². The molecule has 98 valence electrons. The standard InChI is InChI=1S/C11H9N3O4S/c1-2-10-12-13-11(18-10)19-9-4-3-7(6-15)5-8(9)14(16)17/h3-6H,2H2,1H3. The van der Waals surface area contributed by atoms with Crippen molar-refractivity contribution < 1.29 is 14.1 Å². The van der Waals surface area contributed by atoms with Crippen LogP contribution in [0.15, 0.2) is 32.7 Å². The van der Waals surface area contributed by atoms with Crippen LogP contribution in [0.5, 0.6) is 0 Å². The summed E-state index contributed by atoms with van der Waals surface area (Å²) in [4.78, 5) is 21.4. The molecule has 0 aliphatic heterocycles. The molecule has 0 fully saturated rings. The highest BCUT2D eigenvalue weighted by Gasteiger charge is 2.18. The predicted octanol–water partition coefficient (Wildman–Crippen LogP) is 2.50. The molecule has 1 heterocycles. The van der Waals surface area contributed by atoms with Gasteiger partial charge in [0.2, 0.25) is 5.89 Å². The molecule has 1 aromatic carbocycles. The van der Waals surface area contributed by atoms with E-state index >= 15 is 0 Å². The third-order valence-corrected chi connectivity index (χ3v) is 3.17. The molecule has 2 rings (SSSR count). The summed E-state index contributed by atoms with van der Waals surface area (Å²) in [6.07, 6.45) is 1.16. The van der Waals surface area contributed by atoms with Gasteiger partial charge in [-0.15, -0.1) is 10.2 Å². The number of hydrogen-bond acceptors (Lipinski definition) is 7. The van der Waals surface area contributed by atoms with Crippen molar-refractivity contribution in [3.05, 3.63) is 39.8 Å². The highest BCUT2D eigenvalue weighted by atomic mass is 32.2. The van der Waals surface area contributed by atoms with E-state index in [1.165, 1.54) is 18.2 Å². The first-order chi connectivity index (χ1) is 9.13. The molecule has 7 nitrogen and oxygen atoms in total. The summed E-state index contributed by atoms with van der Waals surface area (Å²) in [7, 11) is 0. The third-order valence-electron chi connectivity index (χ3n) is 2.26. The van der Waals surface area contributed by atoms with Crippen LogP contribution >= 0.6 is 11.8 Å². The van der Waals surface area contributed by atoms with E-state index in [4.69, 9.17) is 4.42 Å². The van der Waals surface area contributed by atoms with Gasteiger partial charge in [0.25, 0.3) is 10.9 Å². The van der Waals surface area contributed by atoms with E-state index in [9.17, 15) is 14.9 Å². The van der Waals surface area contributed by atoms with Gasteiger partial charge in [-0.25, -0.2) is 0 Å². The second-order valence-corrected chi connectivity index (χ2v) is 4.51. The van der Waals surface area contributed by atoms with Crippen LogP contribution in [-0.4, -0.2) is 21.4 Å². The minimum absolute atomic E-state index is 0.161. The molecule has 2 aromatic rings. The topological polar surface area (TPSA) is 99.1 Å². The summed E-state index contributed by atoms with van der Waals surface area (Å²) in [6, 6.07) is 4.20. The van der Waals surface area contributed by atoms with E-state index in [0.717, 1.165) is 11.8 Å². The van der Waals surface area contributed by atoms with E-state index in [1.54, 1.807) is 0 Å². The van der Waals surface area contributed by atoms with Gasteiger partial charge in [-0.3, -0.25) is 14.9 Å². The maximum absolute atomic E-state index is 11.0. The van der Waals surface area contributed by atoms with Crippen LogP contribution < -0.4 is 0 Å². The first-order valence-electron chi connectivity index (χ1n) is 5.38. The van der Waals surface area contributed by atoms with Gasteiger partial charge in [-0.05, 0) is 17.8 Å². The zero-order valence-corrected chi connectivity index (χ0v) is 10.7. The summed E-state index contributed by atoms with van der Waals surface area (Å²) in [6.45, 7) is 1.86. The van der Waals surface area contributed by atoms with Crippen molar-refractivity contribution in [2.75, 3.05) is 0 Å². The van der Waals surface area contributed by atoms with Crippen molar-refractivity contribution in [1.82, 2.24) is 10.2 Å². The Morgan fingerprint density at radius 3 is 2.84 bits per heavy atom. The molecule has 0 amide bonds.